The van der Waals surface area contributed by atoms with Crippen molar-refractivity contribution in [2.75, 3.05) is 46.2 Å². The van der Waals surface area contributed by atoms with Crippen LogP contribution in [0.15, 0.2) is 48.7 Å². The number of amides is 3. The summed E-state index contributed by atoms with van der Waals surface area (Å²) in [5.74, 6) is 1.38. The molecule has 0 bridgehead atoms. The SMILES string of the molecule is COc1ccnc(NC(=O)CN2C[C@]3(CC[C@@](c4ccccc4)(N(C)C)CC3)N(CC3CCC3)C2=O)c1. The van der Waals surface area contributed by atoms with Gasteiger partial charge in [0.25, 0.3) is 0 Å². The Balaban J connectivity index is 1.33. The molecule has 1 spiro atoms. The molecule has 2 saturated carbocycles. The van der Waals surface area contributed by atoms with Crippen LogP contribution in [0.5, 0.6) is 5.75 Å². The zero-order valence-corrected chi connectivity index (χ0v) is 22.3. The first-order valence-corrected chi connectivity index (χ1v) is 13.4. The van der Waals surface area contributed by atoms with Gasteiger partial charge in [-0.3, -0.25) is 9.69 Å². The molecule has 0 unspecified atom stereocenters. The normalized spacial score (nSPS) is 26.0. The fraction of sp³-hybridized carbons (Fsp3) is 0.552. The maximum atomic E-state index is 13.7. The van der Waals surface area contributed by atoms with Gasteiger partial charge in [0.15, 0.2) is 0 Å². The van der Waals surface area contributed by atoms with E-state index >= 15 is 0 Å². The molecule has 2 aliphatic carbocycles. The van der Waals surface area contributed by atoms with E-state index in [0.717, 1.165) is 32.2 Å². The van der Waals surface area contributed by atoms with Crippen molar-refractivity contribution in [3.63, 3.8) is 0 Å². The van der Waals surface area contributed by atoms with Crippen LogP contribution in [0.25, 0.3) is 0 Å². The summed E-state index contributed by atoms with van der Waals surface area (Å²) in [4.78, 5) is 37.1. The number of hydrogen-bond acceptors (Lipinski definition) is 5. The predicted molar refractivity (Wildman–Crippen MR) is 143 cm³/mol. The molecule has 2 heterocycles. The number of carbonyl (C=O) groups excluding carboxylic acids is 2. The third kappa shape index (κ3) is 4.91. The van der Waals surface area contributed by atoms with Crippen molar-refractivity contribution in [3.05, 3.63) is 54.2 Å². The van der Waals surface area contributed by atoms with Crippen molar-refractivity contribution in [2.24, 2.45) is 5.92 Å². The monoisotopic (exact) mass is 505 g/mol. The Morgan fingerprint density at radius 1 is 1.14 bits per heavy atom. The Bertz CT molecular complexity index is 1110. The molecule has 8 nitrogen and oxygen atoms in total. The molecule has 1 saturated heterocycles. The second-order valence-corrected chi connectivity index (χ2v) is 11.2. The number of nitrogens with one attached hydrogen (secondary N) is 1. The molecular weight excluding hydrogens is 466 g/mol. The Kier molecular flexibility index (Phi) is 7.12. The molecule has 1 aromatic carbocycles. The highest BCUT2D eigenvalue weighted by molar-refractivity contribution is 5.94. The van der Waals surface area contributed by atoms with Crippen molar-refractivity contribution in [1.29, 1.82) is 0 Å². The van der Waals surface area contributed by atoms with Crippen molar-refractivity contribution >= 4 is 17.8 Å². The number of aromatic nitrogens is 1. The third-order valence-corrected chi connectivity index (χ3v) is 8.97. The summed E-state index contributed by atoms with van der Waals surface area (Å²) in [6.45, 7) is 1.42. The van der Waals surface area contributed by atoms with Gasteiger partial charge in [0.2, 0.25) is 5.91 Å². The first kappa shape index (κ1) is 25.5. The van der Waals surface area contributed by atoms with E-state index in [-0.39, 0.29) is 29.6 Å². The smallest absolute Gasteiger partial charge is 0.321 e. The van der Waals surface area contributed by atoms with Gasteiger partial charge in [-0.2, -0.15) is 0 Å². The molecule has 198 valence electrons. The summed E-state index contributed by atoms with van der Waals surface area (Å²) in [7, 11) is 5.91. The lowest BCUT2D eigenvalue weighted by molar-refractivity contribution is -0.116. The van der Waals surface area contributed by atoms with Crippen molar-refractivity contribution in [1.82, 2.24) is 19.7 Å². The van der Waals surface area contributed by atoms with Crippen molar-refractivity contribution in [3.8, 4) is 5.75 Å². The molecule has 1 aromatic heterocycles. The standard InChI is InChI=1S/C29H39N5O3/c1-32(2)29(23-10-5-4-6-11-23)15-13-28(14-16-29)21-33(27(36)34(28)19-22-8-7-9-22)20-26(35)31-25-18-24(37-3)12-17-30-25/h4-6,10-12,17-18,22H,7-9,13-16,19-21H2,1-3H3,(H,30,31,35)/t28-,29-. The van der Waals surface area contributed by atoms with E-state index in [9.17, 15) is 9.59 Å². The topological polar surface area (TPSA) is 78.0 Å². The second kappa shape index (κ2) is 10.3. The molecule has 1 N–H and O–H groups in total. The Labute approximate surface area is 220 Å². The molecule has 5 rings (SSSR count). The molecule has 0 radical (unpaired) electrons. The fourth-order valence-corrected chi connectivity index (χ4v) is 6.47. The Morgan fingerprint density at radius 2 is 1.86 bits per heavy atom. The predicted octanol–water partition coefficient (Wildman–Crippen LogP) is 4.34. The number of nitrogens with zero attached hydrogens (tertiary/aromatic N) is 4. The van der Waals surface area contributed by atoms with Gasteiger partial charge in [-0.1, -0.05) is 36.8 Å². The molecule has 0 atom stereocenters. The lowest BCUT2D eigenvalue weighted by Gasteiger charge is -2.51. The zero-order chi connectivity index (χ0) is 26.0. The van der Waals surface area contributed by atoms with Crippen LogP contribution in [-0.2, 0) is 10.3 Å². The number of benzene rings is 1. The number of carbonyl (C=O) groups is 2. The molecule has 3 fully saturated rings. The lowest BCUT2D eigenvalue weighted by Crippen LogP contribution is -2.56. The zero-order valence-electron chi connectivity index (χ0n) is 22.3. The average molecular weight is 506 g/mol. The summed E-state index contributed by atoms with van der Waals surface area (Å²) in [6.07, 6.45) is 9.02. The maximum Gasteiger partial charge on any atom is 0.321 e. The lowest BCUT2D eigenvalue weighted by atomic mass is 9.68. The highest BCUT2D eigenvalue weighted by atomic mass is 16.5. The van der Waals surface area contributed by atoms with Crippen molar-refractivity contribution < 1.29 is 14.3 Å². The summed E-state index contributed by atoms with van der Waals surface area (Å²) in [5, 5.41) is 2.83. The highest BCUT2D eigenvalue weighted by Crippen LogP contribution is 2.49. The van der Waals surface area contributed by atoms with Crippen LogP contribution in [-0.4, -0.2) is 78.0 Å². The first-order valence-electron chi connectivity index (χ1n) is 13.4. The minimum Gasteiger partial charge on any atom is -0.497 e. The first-order chi connectivity index (χ1) is 17.8. The number of urea groups is 1. The highest BCUT2D eigenvalue weighted by Gasteiger charge is 2.55. The number of hydrogen-bond donors (Lipinski definition) is 1. The minimum absolute atomic E-state index is 0.00212. The molecule has 8 heteroatoms. The van der Waals surface area contributed by atoms with Gasteiger partial charge in [-0.25, -0.2) is 9.78 Å². The van der Waals surface area contributed by atoms with Gasteiger partial charge in [0, 0.05) is 30.9 Å². The van der Waals surface area contributed by atoms with Gasteiger partial charge >= 0.3 is 6.03 Å². The largest absolute Gasteiger partial charge is 0.497 e. The van der Waals surface area contributed by atoms with E-state index in [1.54, 1.807) is 30.3 Å². The second-order valence-electron chi connectivity index (χ2n) is 11.2. The summed E-state index contributed by atoms with van der Waals surface area (Å²) in [5.41, 5.74) is 1.07. The van der Waals surface area contributed by atoms with Crippen LogP contribution in [0.1, 0.15) is 50.5 Å². The van der Waals surface area contributed by atoms with Gasteiger partial charge in [-0.05, 0) is 70.2 Å². The van der Waals surface area contributed by atoms with E-state index in [1.807, 2.05) is 0 Å². The molecule has 2 aromatic rings. The van der Waals surface area contributed by atoms with Gasteiger partial charge < -0.3 is 19.9 Å². The summed E-state index contributed by atoms with van der Waals surface area (Å²) in [6, 6.07) is 14.2. The van der Waals surface area contributed by atoms with Gasteiger partial charge in [0.05, 0.1) is 12.6 Å². The van der Waals surface area contributed by atoms with E-state index in [4.69, 9.17) is 4.74 Å². The summed E-state index contributed by atoms with van der Waals surface area (Å²) >= 11 is 0. The van der Waals surface area contributed by atoms with Crippen LogP contribution in [0, 0.1) is 5.92 Å². The number of ether oxygens (including phenoxy) is 1. The molecule has 3 amide bonds. The van der Waals surface area contributed by atoms with E-state index in [1.165, 1.54) is 24.8 Å². The van der Waals surface area contributed by atoms with Crippen molar-refractivity contribution in [2.45, 2.75) is 56.0 Å². The number of pyridine rings is 1. The van der Waals surface area contributed by atoms with E-state index in [0.29, 0.717) is 24.0 Å². The molecular formula is C29H39N5O3. The van der Waals surface area contributed by atoms with Crippen LogP contribution in [0.4, 0.5) is 10.6 Å². The number of methoxy groups -OCH3 is 1. The molecule has 3 aliphatic rings. The Morgan fingerprint density at radius 3 is 2.49 bits per heavy atom. The Hall–Kier alpha value is -3.13. The van der Waals surface area contributed by atoms with Crippen LogP contribution >= 0.6 is 0 Å². The number of anilines is 1. The summed E-state index contributed by atoms with van der Waals surface area (Å²) < 4.78 is 5.23. The third-order valence-electron chi connectivity index (χ3n) is 8.97. The quantitative estimate of drug-likeness (QED) is 0.578. The van der Waals surface area contributed by atoms with E-state index < -0.39 is 0 Å². The van der Waals surface area contributed by atoms with Crippen LogP contribution in [0.3, 0.4) is 0 Å². The maximum absolute atomic E-state index is 13.7. The van der Waals surface area contributed by atoms with Crippen LogP contribution in [0.2, 0.25) is 0 Å². The average Bonchev–Trinajstić information content (AvgIpc) is 3.12. The van der Waals surface area contributed by atoms with Crippen LogP contribution < -0.4 is 10.1 Å². The van der Waals surface area contributed by atoms with Gasteiger partial charge in [0.1, 0.15) is 18.1 Å². The van der Waals surface area contributed by atoms with Gasteiger partial charge in [-0.15, -0.1) is 0 Å². The fourth-order valence-electron chi connectivity index (χ4n) is 6.47. The molecule has 37 heavy (non-hydrogen) atoms. The molecule has 1 aliphatic heterocycles. The number of rotatable bonds is 8. The minimum atomic E-state index is -0.238. The van der Waals surface area contributed by atoms with E-state index in [2.05, 4.69) is 64.5 Å².